The molecule has 0 radical (unpaired) electrons. The summed E-state index contributed by atoms with van der Waals surface area (Å²) in [5.41, 5.74) is 4.05. The molecule has 0 aliphatic carbocycles. The van der Waals surface area contributed by atoms with Gasteiger partial charge in [0.2, 0.25) is 0 Å². The first-order valence-corrected chi connectivity index (χ1v) is 5.67. The summed E-state index contributed by atoms with van der Waals surface area (Å²) < 4.78 is 0. The topological polar surface area (TPSA) is 27.8 Å². The lowest BCUT2D eigenvalue weighted by Gasteiger charge is -2.10. The van der Waals surface area contributed by atoms with Gasteiger partial charge in [0, 0.05) is 22.6 Å². The quantitative estimate of drug-likeness (QED) is 0.781. The Balaban J connectivity index is 0.000000963. The Labute approximate surface area is 102 Å². The molecule has 2 heterocycles. The molecule has 1 atom stereocenters. The van der Waals surface area contributed by atoms with Gasteiger partial charge < -0.3 is 10.3 Å². The van der Waals surface area contributed by atoms with Crippen LogP contribution >= 0.6 is 12.4 Å². The normalized spacial score (nSPS) is 19.9. The third kappa shape index (κ3) is 1.72. The van der Waals surface area contributed by atoms with Gasteiger partial charge in [0.15, 0.2) is 0 Å². The number of para-hydroxylation sites is 1. The van der Waals surface area contributed by atoms with E-state index in [1.807, 2.05) is 0 Å². The molecule has 1 aromatic heterocycles. The summed E-state index contributed by atoms with van der Waals surface area (Å²) in [6, 6.07) is 9.13. The van der Waals surface area contributed by atoms with E-state index in [2.05, 4.69) is 41.5 Å². The van der Waals surface area contributed by atoms with Crippen molar-refractivity contribution < 1.29 is 0 Å². The van der Waals surface area contributed by atoms with Gasteiger partial charge in [-0.15, -0.1) is 12.4 Å². The Morgan fingerprint density at radius 3 is 2.81 bits per heavy atom. The van der Waals surface area contributed by atoms with Gasteiger partial charge in [-0.2, -0.15) is 0 Å². The van der Waals surface area contributed by atoms with Gasteiger partial charge in [-0.25, -0.2) is 0 Å². The highest BCUT2D eigenvalue weighted by Gasteiger charge is 2.21. The molecule has 0 bridgehead atoms. The van der Waals surface area contributed by atoms with Crippen molar-refractivity contribution in [1.29, 1.82) is 0 Å². The largest absolute Gasteiger partial charge is 0.358 e. The first kappa shape index (κ1) is 11.5. The standard InChI is InChI=1S/C13H16N2.ClH/c1-9-13(12-7-4-8-14-12)10-5-2-3-6-11(10)15-9;/h2-3,5-6,12,14-15H,4,7-8H2,1H3;1H/t12-;/m0./s1. The molecule has 3 rings (SSSR count). The molecule has 1 fully saturated rings. The Kier molecular flexibility index (Phi) is 3.22. The van der Waals surface area contributed by atoms with Gasteiger partial charge in [0.05, 0.1) is 0 Å². The summed E-state index contributed by atoms with van der Waals surface area (Å²) in [7, 11) is 0. The fourth-order valence-electron chi connectivity index (χ4n) is 2.68. The molecule has 1 aromatic carbocycles. The van der Waals surface area contributed by atoms with Crippen LogP contribution in [0, 0.1) is 6.92 Å². The first-order chi connectivity index (χ1) is 7.36. The maximum Gasteiger partial charge on any atom is 0.0459 e. The van der Waals surface area contributed by atoms with Crippen LogP contribution in [-0.2, 0) is 0 Å². The molecule has 0 amide bonds. The van der Waals surface area contributed by atoms with Crippen LogP contribution in [0.15, 0.2) is 24.3 Å². The van der Waals surface area contributed by atoms with Crippen molar-refractivity contribution in [3.63, 3.8) is 0 Å². The zero-order valence-electron chi connectivity index (χ0n) is 9.42. The summed E-state index contributed by atoms with van der Waals surface area (Å²) >= 11 is 0. The molecule has 2 aromatic rings. The zero-order chi connectivity index (χ0) is 10.3. The third-order valence-electron chi connectivity index (χ3n) is 3.35. The molecule has 1 saturated heterocycles. The second kappa shape index (κ2) is 4.48. The van der Waals surface area contributed by atoms with Crippen LogP contribution in [0.5, 0.6) is 0 Å². The molecule has 2 nitrogen and oxygen atoms in total. The number of aromatic amines is 1. The average Bonchev–Trinajstić information content (AvgIpc) is 2.82. The number of hydrogen-bond donors (Lipinski definition) is 2. The average molecular weight is 237 g/mol. The number of hydrogen-bond acceptors (Lipinski definition) is 1. The molecular formula is C13H17ClN2. The predicted molar refractivity (Wildman–Crippen MR) is 70.3 cm³/mol. The summed E-state index contributed by atoms with van der Waals surface area (Å²) in [4.78, 5) is 3.46. The minimum atomic E-state index is 0. The highest BCUT2D eigenvalue weighted by Crippen LogP contribution is 2.32. The van der Waals surface area contributed by atoms with E-state index in [4.69, 9.17) is 0 Å². The Hall–Kier alpha value is -0.990. The fraction of sp³-hybridized carbons (Fsp3) is 0.385. The van der Waals surface area contributed by atoms with Crippen LogP contribution in [0.3, 0.4) is 0 Å². The zero-order valence-corrected chi connectivity index (χ0v) is 10.2. The van der Waals surface area contributed by atoms with E-state index in [0.717, 1.165) is 6.54 Å². The fourth-order valence-corrected chi connectivity index (χ4v) is 2.68. The number of halogens is 1. The first-order valence-electron chi connectivity index (χ1n) is 5.67. The summed E-state index contributed by atoms with van der Waals surface area (Å²) in [6.45, 7) is 3.33. The second-order valence-corrected chi connectivity index (χ2v) is 4.36. The monoisotopic (exact) mass is 236 g/mol. The van der Waals surface area contributed by atoms with Crippen LogP contribution in [-0.4, -0.2) is 11.5 Å². The van der Waals surface area contributed by atoms with Crippen LogP contribution < -0.4 is 5.32 Å². The molecular weight excluding hydrogens is 220 g/mol. The molecule has 0 unspecified atom stereocenters. The second-order valence-electron chi connectivity index (χ2n) is 4.36. The van der Waals surface area contributed by atoms with E-state index in [-0.39, 0.29) is 12.4 Å². The smallest absolute Gasteiger partial charge is 0.0459 e. The van der Waals surface area contributed by atoms with Gasteiger partial charge in [-0.1, -0.05) is 18.2 Å². The van der Waals surface area contributed by atoms with Crippen LogP contribution in [0.1, 0.15) is 30.1 Å². The van der Waals surface area contributed by atoms with Crippen LogP contribution in [0.2, 0.25) is 0 Å². The van der Waals surface area contributed by atoms with Crippen molar-refractivity contribution >= 4 is 23.3 Å². The summed E-state index contributed by atoms with van der Waals surface area (Å²) in [5, 5.41) is 4.96. The lowest BCUT2D eigenvalue weighted by atomic mass is 10.0. The number of fused-ring (bicyclic) bond motifs is 1. The van der Waals surface area contributed by atoms with Crippen molar-refractivity contribution in [3.8, 4) is 0 Å². The van der Waals surface area contributed by atoms with Gasteiger partial charge in [-0.3, -0.25) is 0 Å². The van der Waals surface area contributed by atoms with E-state index in [1.54, 1.807) is 0 Å². The SMILES string of the molecule is Cc1[nH]c2ccccc2c1[C@@H]1CCCN1.Cl. The van der Waals surface area contributed by atoms with Crippen molar-refractivity contribution in [2.75, 3.05) is 6.54 Å². The number of H-pyrrole nitrogens is 1. The van der Waals surface area contributed by atoms with E-state index < -0.39 is 0 Å². The van der Waals surface area contributed by atoms with Gasteiger partial charge in [0.1, 0.15) is 0 Å². The molecule has 16 heavy (non-hydrogen) atoms. The summed E-state index contributed by atoms with van der Waals surface area (Å²) in [5.74, 6) is 0. The summed E-state index contributed by atoms with van der Waals surface area (Å²) in [6.07, 6.45) is 2.56. The van der Waals surface area contributed by atoms with Crippen molar-refractivity contribution in [3.05, 3.63) is 35.5 Å². The number of aromatic nitrogens is 1. The molecule has 1 aliphatic rings. The predicted octanol–water partition coefficient (Wildman–Crippen LogP) is 3.32. The molecule has 1 aliphatic heterocycles. The van der Waals surface area contributed by atoms with E-state index in [1.165, 1.54) is 35.0 Å². The number of benzene rings is 1. The Bertz CT molecular complexity index is 484. The maximum absolute atomic E-state index is 3.57. The number of nitrogens with one attached hydrogen (secondary N) is 2. The number of rotatable bonds is 1. The van der Waals surface area contributed by atoms with Crippen molar-refractivity contribution in [2.45, 2.75) is 25.8 Å². The minimum absolute atomic E-state index is 0. The Morgan fingerprint density at radius 2 is 2.06 bits per heavy atom. The van der Waals surface area contributed by atoms with Gasteiger partial charge in [0.25, 0.3) is 0 Å². The number of aryl methyl sites for hydroxylation is 1. The van der Waals surface area contributed by atoms with Crippen LogP contribution in [0.4, 0.5) is 0 Å². The highest BCUT2D eigenvalue weighted by atomic mass is 35.5. The molecule has 3 heteroatoms. The molecule has 86 valence electrons. The molecule has 0 spiro atoms. The molecule has 2 N–H and O–H groups in total. The highest BCUT2D eigenvalue weighted by molar-refractivity contribution is 5.85. The molecule has 0 saturated carbocycles. The lowest BCUT2D eigenvalue weighted by Crippen LogP contribution is -2.13. The van der Waals surface area contributed by atoms with Gasteiger partial charge >= 0.3 is 0 Å². The lowest BCUT2D eigenvalue weighted by molar-refractivity contribution is 0.648. The van der Waals surface area contributed by atoms with Crippen molar-refractivity contribution in [1.82, 2.24) is 10.3 Å². The van der Waals surface area contributed by atoms with Gasteiger partial charge in [-0.05, 0) is 37.9 Å². The third-order valence-corrected chi connectivity index (χ3v) is 3.35. The van der Waals surface area contributed by atoms with Crippen LogP contribution in [0.25, 0.3) is 10.9 Å². The minimum Gasteiger partial charge on any atom is -0.358 e. The van der Waals surface area contributed by atoms with E-state index in [9.17, 15) is 0 Å². The maximum atomic E-state index is 3.57. The van der Waals surface area contributed by atoms with E-state index >= 15 is 0 Å². The van der Waals surface area contributed by atoms with Crippen molar-refractivity contribution in [2.24, 2.45) is 0 Å². The van der Waals surface area contributed by atoms with E-state index in [0.29, 0.717) is 6.04 Å². The Morgan fingerprint density at radius 1 is 1.25 bits per heavy atom.